The first-order valence-corrected chi connectivity index (χ1v) is 7.13. The van der Waals surface area contributed by atoms with Gasteiger partial charge in [0, 0.05) is 19.3 Å². The minimum atomic E-state index is 0.644. The van der Waals surface area contributed by atoms with E-state index in [1.807, 2.05) is 0 Å². The molecule has 0 aliphatic carbocycles. The summed E-state index contributed by atoms with van der Waals surface area (Å²) in [5, 5.41) is 3.61. The molecule has 0 aromatic rings. The largest absolute Gasteiger partial charge is 0.381 e. The fourth-order valence-corrected chi connectivity index (χ4v) is 2.27. The Kier molecular flexibility index (Phi) is 7.54. The van der Waals surface area contributed by atoms with Crippen molar-refractivity contribution in [2.75, 3.05) is 19.8 Å². The maximum atomic E-state index is 5.38. The van der Waals surface area contributed by atoms with Gasteiger partial charge in [-0.05, 0) is 65.3 Å². The highest BCUT2D eigenvalue weighted by atomic mass is 16.5. The van der Waals surface area contributed by atoms with E-state index >= 15 is 0 Å². The van der Waals surface area contributed by atoms with Gasteiger partial charge in [0.25, 0.3) is 0 Å². The van der Waals surface area contributed by atoms with Gasteiger partial charge in [0.05, 0.1) is 0 Å². The first-order chi connectivity index (χ1) is 8.18. The summed E-state index contributed by atoms with van der Waals surface area (Å²) >= 11 is 0. The van der Waals surface area contributed by atoms with E-state index in [2.05, 4.69) is 32.2 Å². The Bertz CT molecular complexity index is 215. The van der Waals surface area contributed by atoms with E-state index in [9.17, 15) is 0 Å². The zero-order valence-corrected chi connectivity index (χ0v) is 11.8. The van der Waals surface area contributed by atoms with Crippen molar-refractivity contribution in [1.29, 1.82) is 0 Å². The van der Waals surface area contributed by atoms with Crippen molar-refractivity contribution in [3.63, 3.8) is 0 Å². The van der Waals surface area contributed by atoms with E-state index in [-0.39, 0.29) is 0 Å². The monoisotopic (exact) mass is 239 g/mol. The van der Waals surface area contributed by atoms with Gasteiger partial charge in [-0.2, -0.15) is 0 Å². The summed E-state index contributed by atoms with van der Waals surface area (Å²) in [5.41, 5.74) is 1.43. The van der Waals surface area contributed by atoms with Gasteiger partial charge in [-0.25, -0.2) is 0 Å². The molecule has 0 unspecified atom stereocenters. The summed E-state index contributed by atoms with van der Waals surface area (Å²) in [5.74, 6) is 0.831. The number of rotatable bonds is 8. The fourth-order valence-electron chi connectivity index (χ4n) is 2.27. The van der Waals surface area contributed by atoms with Crippen molar-refractivity contribution in [1.82, 2.24) is 5.32 Å². The molecule has 1 heterocycles. The Hall–Kier alpha value is -0.340. The highest BCUT2D eigenvalue weighted by Gasteiger charge is 2.14. The lowest BCUT2D eigenvalue weighted by atomic mass is 10.0. The lowest BCUT2D eigenvalue weighted by Gasteiger charge is -2.13. The molecule has 0 aromatic carbocycles. The van der Waals surface area contributed by atoms with Gasteiger partial charge in [0.2, 0.25) is 0 Å². The molecule has 1 saturated heterocycles. The van der Waals surface area contributed by atoms with Crippen molar-refractivity contribution in [2.24, 2.45) is 5.92 Å². The van der Waals surface area contributed by atoms with Gasteiger partial charge < -0.3 is 10.1 Å². The van der Waals surface area contributed by atoms with Crippen LogP contribution in [0.4, 0.5) is 0 Å². The van der Waals surface area contributed by atoms with Gasteiger partial charge in [-0.3, -0.25) is 0 Å². The highest BCUT2D eigenvalue weighted by Crippen LogP contribution is 2.17. The normalized spacial score (nSPS) is 21.5. The lowest BCUT2D eigenvalue weighted by Crippen LogP contribution is -2.27. The van der Waals surface area contributed by atoms with E-state index < -0.39 is 0 Å². The topological polar surface area (TPSA) is 21.3 Å². The molecule has 1 aliphatic rings. The molecule has 100 valence electrons. The molecule has 1 fully saturated rings. The Morgan fingerprint density at radius 2 is 2.29 bits per heavy atom. The van der Waals surface area contributed by atoms with Crippen molar-refractivity contribution in [2.45, 2.75) is 58.9 Å². The Morgan fingerprint density at radius 1 is 1.47 bits per heavy atom. The maximum absolute atomic E-state index is 5.38. The van der Waals surface area contributed by atoms with Crippen LogP contribution in [-0.4, -0.2) is 25.8 Å². The maximum Gasteiger partial charge on any atom is 0.0495 e. The third-order valence-electron chi connectivity index (χ3n) is 3.46. The van der Waals surface area contributed by atoms with Crippen LogP contribution in [0.15, 0.2) is 11.6 Å². The van der Waals surface area contributed by atoms with Crippen molar-refractivity contribution >= 4 is 0 Å². The number of allylic oxidation sites excluding steroid dienone is 2. The first-order valence-electron chi connectivity index (χ1n) is 7.13. The van der Waals surface area contributed by atoms with Crippen LogP contribution in [0.2, 0.25) is 0 Å². The van der Waals surface area contributed by atoms with Gasteiger partial charge in [0.1, 0.15) is 0 Å². The third kappa shape index (κ3) is 7.56. The summed E-state index contributed by atoms with van der Waals surface area (Å²) in [6.45, 7) is 9.76. The Labute approximate surface area is 107 Å². The molecule has 0 radical (unpaired) electrons. The summed E-state index contributed by atoms with van der Waals surface area (Å²) < 4.78 is 5.38. The van der Waals surface area contributed by atoms with E-state index in [1.165, 1.54) is 37.7 Å². The molecule has 2 nitrogen and oxygen atoms in total. The van der Waals surface area contributed by atoms with Crippen LogP contribution < -0.4 is 5.32 Å². The minimum Gasteiger partial charge on any atom is -0.381 e. The van der Waals surface area contributed by atoms with Gasteiger partial charge in [-0.1, -0.05) is 11.6 Å². The molecule has 2 atom stereocenters. The SMILES string of the molecule is CC(C)=CCC[C@H](C)NCCC[C@@H]1CCOC1. The second kappa shape index (κ2) is 8.71. The van der Waals surface area contributed by atoms with Crippen LogP contribution in [0.3, 0.4) is 0 Å². The van der Waals surface area contributed by atoms with Crippen LogP contribution in [0.25, 0.3) is 0 Å². The lowest BCUT2D eigenvalue weighted by molar-refractivity contribution is 0.183. The van der Waals surface area contributed by atoms with Crippen molar-refractivity contribution in [3.05, 3.63) is 11.6 Å². The molecular formula is C15H29NO. The summed E-state index contributed by atoms with van der Waals surface area (Å²) in [4.78, 5) is 0. The number of ether oxygens (including phenoxy) is 1. The molecule has 0 amide bonds. The van der Waals surface area contributed by atoms with Crippen LogP contribution in [-0.2, 0) is 4.74 Å². The van der Waals surface area contributed by atoms with Crippen LogP contribution >= 0.6 is 0 Å². The molecule has 0 bridgehead atoms. The molecular weight excluding hydrogens is 210 g/mol. The zero-order chi connectivity index (χ0) is 12.5. The Balaban J connectivity index is 1.92. The van der Waals surface area contributed by atoms with Crippen molar-refractivity contribution in [3.8, 4) is 0 Å². The molecule has 17 heavy (non-hydrogen) atoms. The number of hydrogen-bond donors (Lipinski definition) is 1. The highest BCUT2D eigenvalue weighted by molar-refractivity contribution is 4.93. The number of hydrogen-bond acceptors (Lipinski definition) is 2. The van der Waals surface area contributed by atoms with Gasteiger partial charge in [-0.15, -0.1) is 0 Å². The third-order valence-corrected chi connectivity index (χ3v) is 3.46. The predicted octanol–water partition coefficient (Wildman–Crippen LogP) is 3.53. The molecule has 0 saturated carbocycles. The summed E-state index contributed by atoms with van der Waals surface area (Å²) in [7, 11) is 0. The summed E-state index contributed by atoms with van der Waals surface area (Å²) in [6.07, 6.45) is 8.67. The average Bonchev–Trinajstić information content (AvgIpc) is 2.76. The first kappa shape index (κ1) is 14.7. The molecule has 1 N–H and O–H groups in total. The second-order valence-corrected chi connectivity index (χ2v) is 5.59. The molecule has 0 aromatic heterocycles. The van der Waals surface area contributed by atoms with Crippen LogP contribution in [0.1, 0.15) is 52.9 Å². The van der Waals surface area contributed by atoms with Crippen LogP contribution in [0.5, 0.6) is 0 Å². The van der Waals surface area contributed by atoms with E-state index in [0.29, 0.717) is 6.04 Å². The van der Waals surface area contributed by atoms with E-state index in [1.54, 1.807) is 0 Å². The second-order valence-electron chi connectivity index (χ2n) is 5.59. The number of nitrogens with one attached hydrogen (secondary N) is 1. The predicted molar refractivity (Wildman–Crippen MR) is 74.3 cm³/mol. The van der Waals surface area contributed by atoms with Gasteiger partial charge >= 0.3 is 0 Å². The molecule has 2 heteroatoms. The zero-order valence-electron chi connectivity index (χ0n) is 11.8. The van der Waals surface area contributed by atoms with Gasteiger partial charge in [0.15, 0.2) is 0 Å². The fraction of sp³-hybridized carbons (Fsp3) is 0.867. The van der Waals surface area contributed by atoms with Crippen molar-refractivity contribution < 1.29 is 4.74 Å². The molecule has 1 rings (SSSR count). The minimum absolute atomic E-state index is 0.644. The van der Waals surface area contributed by atoms with E-state index in [0.717, 1.165) is 25.7 Å². The quantitative estimate of drug-likeness (QED) is 0.517. The standard InChI is InChI=1S/C15H29NO/c1-13(2)6-4-7-14(3)16-10-5-8-15-9-11-17-12-15/h6,14-16H,4-5,7-12H2,1-3H3/t14-,15+/m0/s1. The molecule has 1 aliphatic heterocycles. The smallest absolute Gasteiger partial charge is 0.0495 e. The van der Waals surface area contributed by atoms with Crippen LogP contribution in [0, 0.1) is 5.92 Å². The Morgan fingerprint density at radius 3 is 2.94 bits per heavy atom. The average molecular weight is 239 g/mol. The molecule has 0 spiro atoms. The van der Waals surface area contributed by atoms with E-state index in [4.69, 9.17) is 4.74 Å². The summed E-state index contributed by atoms with van der Waals surface area (Å²) in [6, 6.07) is 0.644.